The first-order valence-corrected chi connectivity index (χ1v) is 13.4. The molecule has 0 spiro atoms. The summed E-state index contributed by atoms with van der Waals surface area (Å²) in [5.74, 6) is 0.615. The Hall–Kier alpha value is -3.17. The number of sulfonamides is 1. The van der Waals surface area contributed by atoms with Crippen LogP contribution in [-0.2, 0) is 14.8 Å². The molecule has 0 atom stereocenters. The number of anilines is 2. The number of piperazine rings is 1. The molecule has 1 fully saturated rings. The maximum absolute atomic E-state index is 13.2. The fourth-order valence-corrected chi connectivity index (χ4v) is 5.39. The molecule has 0 radical (unpaired) electrons. The standard InChI is InChI=1S/C26H30ClN3O5S/c1-26(2,3)35-25(31)30-14-12-29(13-15-30)23-17-19(8-11-24(23)34-4)28-36(32,33)20-9-10-21-18(16-20)6-5-7-22(21)27/h5-11,16-17,28H,12-15H2,1-4H3. The Morgan fingerprint density at radius 2 is 1.72 bits per heavy atom. The second kappa shape index (κ2) is 10.1. The second-order valence-corrected chi connectivity index (χ2v) is 11.7. The highest BCUT2D eigenvalue weighted by atomic mass is 35.5. The predicted molar refractivity (Wildman–Crippen MR) is 143 cm³/mol. The molecule has 3 aromatic rings. The van der Waals surface area contributed by atoms with Crippen molar-refractivity contribution in [3.05, 3.63) is 59.6 Å². The van der Waals surface area contributed by atoms with Gasteiger partial charge in [0.2, 0.25) is 0 Å². The molecule has 1 N–H and O–H groups in total. The van der Waals surface area contributed by atoms with E-state index in [1.165, 1.54) is 6.07 Å². The number of amides is 1. The Morgan fingerprint density at radius 3 is 2.39 bits per heavy atom. The fourth-order valence-electron chi connectivity index (χ4n) is 4.06. The van der Waals surface area contributed by atoms with Gasteiger partial charge in [-0.15, -0.1) is 0 Å². The van der Waals surface area contributed by atoms with E-state index >= 15 is 0 Å². The molecule has 1 saturated heterocycles. The lowest BCUT2D eigenvalue weighted by molar-refractivity contribution is 0.0240. The van der Waals surface area contributed by atoms with Gasteiger partial charge >= 0.3 is 6.09 Å². The van der Waals surface area contributed by atoms with Gasteiger partial charge in [0.25, 0.3) is 10.0 Å². The van der Waals surface area contributed by atoms with Crippen LogP contribution < -0.4 is 14.4 Å². The zero-order valence-electron chi connectivity index (χ0n) is 20.7. The maximum atomic E-state index is 13.2. The highest BCUT2D eigenvalue weighted by molar-refractivity contribution is 7.92. The van der Waals surface area contributed by atoms with Crippen LogP contribution in [0.15, 0.2) is 59.5 Å². The van der Waals surface area contributed by atoms with Crippen LogP contribution in [0.5, 0.6) is 5.75 Å². The molecule has 36 heavy (non-hydrogen) atoms. The van der Waals surface area contributed by atoms with Gasteiger partial charge in [-0.1, -0.05) is 29.8 Å². The molecule has 0 aliphatic carbocycles. The molecule has 0 bridgehead atoms. The van der Waals surface area contributed by atoms with Crippen LogP contribution in [0, 0.1) is 0 Å². The molecule has 1 aliphatic heterocycles. The van der Waals surface area contributed by atoms with Gasteiger partial charge in [-0.05, 0) is 62.6 Å². The summed E-state index contributed by atoms with van der Waals surface area (Å²) < 4.78 is 40.0. The number of methoxy groups -OCH3 is 1. The smallest absolute Gasteiger partial charge is 0.410 e. The first kappa shape index (κ1) is 25.9. The number of halogens is 1. The van der Waals surface area contributed by atoms with Gasteiger partial charge in [0.05, 0.1) is 23.4 Å². The van der Waals surface area contributed by atoms with Crippen molar-refractivity contribution in [1.82, 2.24) is 4.90 Å². The van der Waals surface area contributed by atoms with Crippen LogP contribution in [0.4, 0.5) is 16.2 Å². The van der Waals surface area contributed by atoms with Crippen molar-refractivity contribution in [2.75, 3.05) is 42.9 Å². The number of hydrogen-bond donors (Lipinski definition) is 1. The van der Waals surface area contributed by atoms with Crippen LogP contribution in [-0.4, -0.2) is 58.3 Å². The number of fused-ring (bicyclic) bond motifs is 1. The summed E-state index contributed by atoms with van der Waals surface area (Å²) in [4.78, 5) is 16.3. The summed E-state index contributed by atoms with van der Waals surface area (Å²) in [7, 11) is -2.27. The topological polar surface area (TPSA) is 88.2 Å². The van der Waals surface area contributed by atoms with Gasteiger partial charge < -0.3 is 19.3 Å². The Bertz CT molecular complexity index is 1380. The van der Waals surface area contributed by atoms with Gasteiger partial charge in [0, 0.05) is 36.6 Å². The van der Waals surface area contributed by atoms with E-state index in [2.05, 4.69) is 9.62 Å². The minimum Gasteiger partial charge on any atom is -0.495 e. The largest absolute Gasteiger partial charge is 0.495 e. The number of benzene rings is 3. The van der Waals surface area contributed by atoms with E-state index in [4.69, 9.17) is 21.1 Å². The van der Waals surface area contributed by atoms with Crippen molar-refractivity contribution in [2.45, 2.75) is 31.3 Å². The molecule has 0 saturated carbocycles. The number of carbonyl (C=O) groups excluding carboxylic acids is 1. The van der Waals surface area contributed by atoms with Crippen LogP contribution in [0.2, 0.25) is 5.02 Å². The van der Waals surface area contributed by atoms with Crippen LogP contribution in [0.3, 0.4) is 0 Å². The Labute approximate surface area is 216 Å². The van der Waals surface area contributed by atoms with E-state index in [-0.39, 0.29) is 11.0 Å². The van der Waals surface area contributed by atoms with E-state index in [1.54, 1.807) is 54.5 Å². The third kappa shape index (κ3) is 5.79. The van der Waals surface area contributed by atoms with Crippen LogP contribution in [0.25, 0.3) is 10.8 Å². The van der Waals surface area contributed by atoms with Gasteiger partial charge in [0.15, 0.2) is 0 Å². The van der Waals surface area contributed by atoms with E-state index in [0.29, 0.717) is 42.6 Å². The lowest BCUT2D eigenvalue weighted by Gasteiger charge is -2.37. The predicted octanol–water partition coefficient (Wildman–Crippen LogP) is 5.36. The minimum atomic E-state index is -3.84. The Balaban J connectivity index is 1.52. The number of rotatable bonds is 5. The molecule has 0 aromatic heterocycles. The molecule has 4 rings (SSSR count). The Morgan fingerprint density at radius 1 is 1.00 bits per heavy atom. The van der Waals surface area contributed by atoms with Gasteiger partial charge in [-0.25, -0.2) is 13.2 Å². The molecule has 0 unspecified atom stereocenters. The van der Waals surface area contributed by atoms with Crippen molar-refractivity contribution in [3.8, 4) is 5.75 Å². The Kier molecular flexibility index (Phi) is 7.24. The minimum absolute atomic E-state index is 0.139. The van der Waals surface area contributed by atoms with E-state index < -0.39 is 15.6 Å². The highest BCUT2D eigenvalue weighted by Crippen LogP contribution is 2.33. The molecule has 8 nitrogen and oxygen atoms in total. The first-order chi connectivity index (χ1) is 17.0. The van der Waals surface area contributed by atoms with Crippen LogP contribution in [0.1, 0.15) is 20.8 Å². The number of carbonyl (C=O) groups is 1. The molecule has 10 heteroatoms. The zero-order valence-corrected chi connectivity index (χ0v) is 22.3. The zero-order chi connectivity index (χ0) is 26.1. The first-order valence-electron chi connectivity index (χ1n) is 11.6. The van der Waals surface area contributed by atoms with Crippen molar-refractivity contribution in [2.24, 2.45) is 0 Å². The van der Waals surface area contributed by atoms with Gasteiger partial charge in [-0.3, -0.25) is 4.72 Å². The number of nitrogens with zero attached hydrogens (tertiary/aromatic N) is 2. The van der Waals surface area contributed by atoms with E-state index in [1.807, 2.05) is 26.8 Å². The summed E-state index contributed by atoms with van der Waals surface area (Å²) in [6, 6.07) is 15.4. The quantitative estimate of drug-likeness (QED) is 0.477. The second-order valence-electron chi connectivity index (χ2n) is 9.57. The molecular formula is C26H30ClN3O5S. The average molecular weight is 532 g/mol. The molecule has 1 heterocycles. The van der Waals surface area contributed by atoms with Crippen molar-refractivity contribution in [3.63, 3.8) is 0 Å². The third-order valence-electron chi connectivity index (χ3n) is 5.81. The highest BCUT2D eigenvalue weighted by Gasteiger charge is 2.27. The SMILES string of the molecule is COc1ccc(NS(=O)(=O)c2ccc3c(Cl)cccc3c2)cc1N1CCN(C(=O)OC(C)(C)C)CC1. The third-order valence-corrected chi connectivity index (χ3v) is 7.52. The van der Waals surface area contributed by atoms with E-state index in [0.717, 1.165) is 16.5 Å². The van der Waals surface area contributed by atoms with Crippen molar-refractivity contribution < 1.29 is 22.7 Å². The van der Waals surface area contributed by atoms with Crippen molar-refractivity contribution in [1.29, 1.82) is 0 Å². The summed E-state index contributed by atoms with van der Waals surface area (Å²) >= 11 is 6.22. The molecular weight excluding hydrogens is 502 g/mol. The van der Waals surface area contributed by atoms with Crippen molar-refractivity contribution >= 4 is 49.9 Å². The number of hydrogen-bond acceptors (Lipinski definition) is 6. The van der Waals surface area contributed by atoms with E-state index in [9.17, 15) is 13.2 Å². The lowest BCUT2D eigenvalue weighted by Crippen LogP contribution is -2.50. The normalized spacial score (nSPS) is 14.6. The maximum Gasteiger partial charge on any atom is 0.410 e. The number of ether oxygens (including phenoxy) is 2. The molecule has 192 valence electrons. The molecule has 1 aliphatic rings. The molecule has 3 aromatic carbocycles. The average Bonchev–Trinajstić information content (AvgIpc) is 2.83. The van der Waals surface area contributed by atoms with Crippen LogP contribution >= 0.6 is 11.6 Å². The summed E-state index contributed by atoms with van der Waals surface area (Å²) in [5, 5.41) is 2.09. The summed E-state index contributed by atoms with van der Waals surface area (Å²) in [5.41, 5.74) is 0.596. The summed E-state index contributed by atoms with van der Waals surface area (Å²) in [6.07, 6.45) is -0.340. The number of nitrogens with one attached hydrogen (secondary N) is 1. The molecule has 1 amide bonds. The van der Waals surface area contributed by atoms with Gasteiger partial charge in [0.1, 0.15) is 11.4 Å². The fraction of sp³-hybridized carbons (Fsp3) is 0.346. The summed E-state index contributed by atoms with van der Waals surface area (Å²) in [6.45, 7) is 7.58. The van der Waals surface area contributed by atoms with Gasteiger partial charge in [-0.2, -0.15) is 0 Å². The lowest BCUT2D eigenvalue weighted by atomic mass is 10.1. The monoisotopic (exact) mass is 531 g/mol.